The first-order valence-corrected chi connectivity index (χ1v) is 11.8. The van der Waals surface area contributed by atoms with E-state index in [0.717, 1.165) is 16.7 Å². The van der Waals surface area contributed by atoms with Gasteiger partial charge in [0.15, 0.2) is 11.4 Å². The number of aryl methyl sites for hydroxylation is 1. The molecule has 3 N–H and O–H groups in total. The average molecular weight is 472 g/mol. The van der Waals surface area contributed by atoms with E-state index < -0.39 is 10.0 Å². The number of benzene rings is 2. The van der Waals surface area contributed by atoms with Gasteiger partial charge in [-0.15, -0.1) is 0 Å². The number of fused-ring (bicyclic) bond motifs is 1. The fourth-order valence-electron chi connectivity index (χ4n) is 3.49. The zero-order chi connectivity index (χ0) is 23.6. The number of nitrogens with one attached hydrogen (secondary N) is 1. The monoisotopic (exact) mass is 471 g/mol. The Labute approximate surface area is 191 Å². The molecule has 0 bridgehead atoms. The minimum atomic E-state index is -4.01. The summed E-state index contributed by atoms with van der Waals surface area (Å²) in [5, 5.41) is 8.64. The molecule has 0 atom stereocenters. The fourth-order valence-corrected chi connectivity index (χ4v) is 4.62. The van der Waals surface area contributed by atoms with Crippen molar-refractivity contribution < 1.29 is 22.4 Å². The zero-order valence-corrected chi connectivity index (χ0v) is 19.3. The second-order valence-corrected chi connectivity index (χ2v) is 9.09. The van der Waals surface area contributed by atoms with Gasteiger partial charge in [0.2, 0.25) is 0 Å². The third kappa shape index (κ3) is 4.64. The van der Waals surface area contributed by atoms with Crippen LogP contribution in [0.4, 0.5) is 5.82 Å². The lowest BCUT2D eigenvalue weighted by Gasteiger charge is -2.12. The van der Waals surface area contributed by atoms with Crippen molar-refractivity contribution in [3.8, 4) is 11.5 Å². The highest BCUT2D eigenvalue weighted by Crippen LogP contribution is 2.36. The van der Waals surface area contributed by atoms with Crippen molar-refractivity contribution in [3.05, 3.63) is 59.4 Å². The van der Waals surface area contributed by atoms with Crippen molar-refractivity contribution in [2.75, 3.05) is 18.4 Å². The number of sulfonamides is 1. The van der Waals surface area contributed by atoms with Gasteiger partial charge in [0.05, 0.1) is 26.5 Å². The van der Waals surface area contributed by atoms with Gasteiger partial charge in [-0.25, -0.2) is 8.42 Å². The summed E-state index contributed by atoms with van der Waals surface area (Å²) >= 11 is 0. The highest BCUT2D eigenvalue weighted by Gasteiger charge is 2.24. The molecule has 0 unspecified atom stereocenters. The Morgan fingerprint density at radius 1 is 1.18 bits per heavy atom. The molecule has 0 aliphatic carbocycles. The molecular weight excluding hydrogens is 446 g/mol. The Morgan fingerprint density at radius 2 is 2.00 bits per heavy atom. The summed E-state index contributed by atoms with van der Waals surface area (Å²) in [6, 6.07) is 8.44. The van der Waals surface area contributed by atoms with Gasteiger partial charge >= 0.3 is 0 Å². The van der Waals surface area contributed by atoms with Crippen LogP contribution in [0.1, 0.15) is 23.6 Å². The number of nitrogens with two attached hydrogens (primary N) is 1. The summed E-state index contributed by atoms with van der Waals surface area (Å²) in [6.07, 6.45) is 3.56. The second-order valence-electron chi connectivity index (χ2n) is 7.44. The molecule has 10 nitrogen and oxygen atoms in total. The van der Waals surface area contributed by atoms with Gasteiger partial charge in [0.1, 0.15) is 21.8 Å². The van der Waals surface area contributed by atoms with E-state index in [9.17, 15) is 8.42 Å². The minimum Gasteiger partial charge on any atom is -0.496 e. The third-order valence-corrected chi connectivity index (χ3v) is 6.38. The largest absolute Gasteiger partial charge is 0.496 e. The van der Waals surface area contributed by atoms with E-state index in [0.29, 0.717) is 36.4 Å². The molecule has 0 amide bonds. The molecule has 0 saturated heterocycles. The molecular formula is C22H25N5O5S. The van der Waals surface area contributed by atoms with Gasteiger partial charge in [-0.3, -0.25) is 9.40 Å². The van der Waals surface area contributed by atoms with E-state index in [1.165, 1.54) is 13.2 Å². The Kier molecular flexibility index (Phi) is 6.25. The summed E-state index contributed by atoms with van der Waals surface area (Å²) in [5.74, 6) is 0.714. The van der Waals surface area contributed by atoms with Crippen LogP contribution >= 0.6 is 0 Å². The molecule has 2 aromatic carbocycles. The normalized spacial score (nSPS) is 11.6. The van der Waals surface area contributed by atoms with Crippen LogP contribution in [0, 0.1) is 6.92 Å². The van der Waals surface area contributed by atoms with Crippen LogP contribution < -0.4 is 19.9 Å². The standard InChI is InChI=1S/C22H25N5O5S/c1-4-31-17-7-14(2)5-6-20(17)33(28,29)26-22-21-18(30-3)8-15(9-19(21)32-25-22)12-27-13-16(10-23)11-24-27/h5-9,11,13H,4,10,12,23H2,1-3H3,(H,25,26). The van der Waals surface area contributed by atoms with Gasteiger partial charge in [-0.05, 0) is 49.2 Å². The van der Waals surface area contributed by atoms with Crippen LogP contribution in [0.2, 0.25) is 0 Å². The molecule has 33 heavy (non-hydrogen) atoms. The Morgan fingerprint density at radius 3 is 2.70 bits per heavy atom. The minimum absolute atomic E-state index is 0.0103. The van der Waals surface area contributed by atoms with Gasteiger partial charge in [0, 0.05) is 18.3 Å². The number of methoxy groups -OCH3 is 1. The number of rotatable bonds is 9. The Hall–Kier alpha value is -3.57. The van der Waals surface area contributed by atoms with Crippen LogP contribution in [0.25, 0.3) is 11.0 Å². The number of aromatic nitrogens is 3. The van der Waals surface area contributed by atoms with Crippen molar-refractivity contribution in [2.24, 2.45) is 5.73 Å². The molecule has 11 heteroatoms. The highest BCUT2D eigenvalue weighted by molar-refractivity contribution is 7.92. The Balaban J connectivity index is 1.69. The molecule has 0 aliphatic rings. The van der Waals surface area contributed by atoms with E-state index in [1.807, 2.05) is 13.1 Å². The summed E-state index contributed by atoms with van der Waals surface area (Å²) in [4.78, 5) is 0.0103. The lowest BCUT2D eigenvalue weighted by molar-refractivity contribution is 0.331. The van der Waals surface area contributed by atoms with Crippen molar-refractivity contribution in [1.82, 2.24) is 14.9 Å². The summed E-state index contributed by atoms with van der Waals surface area (Å²) in [7, 11) is -2.51. The molecule has 4 rings (SSSR count). The molecule has 2 heterocycles. The maximum Gasteiger partial charge on any atom is 0.266 e. The predicted molar refractivity (Wildman–Crippen MR) is 123 cm³/mol. The van der Waals surface area contributed by atoms with Gasteiger partial charge in [0.25, 0.3) is 10.0 Å². The summed E-state index contributed by atoms with van der Waals surface area (Å²) < 4.78 is 47.1. The molecule has 0 saturated carbocycles. The summed E-state index contributed by atoms with van der Waals surface area (Å²) in [5.41, 5.74) is 8.67. The van der Waals surface area contributed by atoms with Crippen LogP contribution in [0.3, 0.4) is 0 Å². The van der Waals surface area contributed by atoms with Crippen molar-refractivity contribution in [3.63, 3.8) is 0 Å². The molecule has 0 radical (unpaired) electrons. The lowest BCUT2D eigenvalue weighted by atomic mass is 10.1. The highest BCUT2D eigenvalue weighted by atomic mass is 32.2. The first-order valence-electron chi connectivity index (χ1n) is 10.3. The number of hydrogen-bond acceptors (Lipinski definition) is 8. The predicted octanol–water partition coefficient (Wildman–Crippen LogP) is 3.05. The van der Waals surface area contributed by atoms with Crippen LogP contribution in [-0.2, 0) is 23.1 Å². The van der Waals surface area contributed by atoms with E-state index in [-0.39, 0.29) is 16.5 Å². The Bertz CT molecular complexity index is 1390. The molecule has 0 aliphatic heterocycles. The maximum atomic E-state index is 13.2. The smallest absolute Gasteiger partial charge is 0.266 e. The SMILES string of the molecule is CCOc1cc(C)ccc1S(=O)(=O)Nc1noc2cc(Cn3cc(CN)cn3)cc(OC)c12. The van der Waals surface area contributed by atoms with E-state index >= 15 is 0 Å². The average Bonchev–Trinajstić information content (AvgIpc) is 3.40. The van der Waals surface area contributed by atoms with Crippen LogP contribution in [-0.4, -0.2) is 37.1 Å². The number of anilines is 1. The molecule has 0 fully saturated rings. The van der Waals surface area contributed by atoms with Crippen LogP contribution in [0.5, 0.6) is 11.5 Å². The summed E-state index contributed by atoms with van der Waals surface area (Å²) in [6.45, 7) is 4.84. The quantitative estimate of drug-likeness (QED) is 0.380. The van der Waals surface area contributed by atoms with E-state index in [4.69, 9.17) is 19.7 Å². The van der Waals surface area contributed by atoms with Gasteiger partial charge in [-0.2, -0.15) is 5.10 Å². The van der Waals surface area contributed by atoms with Crippen molar-refractivity contribution in [2.45, 2.75) is 31.8 Å². The topological polar surface area (TPSA) is 134 Å². The number of ether oxygens (including phenoxy) is 2. The number of nitrogens with zero attached hydrogens (tertiary/aromatic N) is 3. The third-order valence-electron chi connectivity index (χ3n) is 5.00. The first-order chi connectivity index (χ1) is 15.8. The van der Waals surface area contributed by atoms with Crippen molar-refractivity contribution >= 4 is 26.8 Å². The zero-order valence-electron chi connectivity index (χ0n) is 18.5. The lowest BCUT2D eigenvalue weighted by Crippen LogP contribution is -2.15. The molecule has 2 aromatic heterocycles. The van der Waals surface area contributed by atoms with E-state index in [1.54, 1.807) is 42.1 Å². The second kappa shape index (κ2) is 9.12. The van der Waals surface area contributed by atoms with Gasteiger partial charge in [-0.1, -0.05) is 11.2 Å². The van der Waals surface area contributed by atoms with E-state index in [2.05, 4.69) is 15.0 Å². The van der Waals surface area contributed by atoms with Gasteiger partial charge < -0.3 is 19.7 Å². The first kappa shape index (κ1) is 22.6. The fraction of sp³-hybridized carbons (Fsp3) is 0.273. The van der Waals surface area contributed by atoms with Crippen LogP contribution in [0.15, 0.2) is 52.1 Å². The molecule has 4 aromatic rings. The van der Waals surface area contributed by atoms with Crippen molar-refractivity contribution in [1.29, 1.82) is 0 Å². The number of hydrogen-bond donors (Lipinski definition) is 2. The molecule has 0 spiro atoms. The maximum absolute atomic E-state index is 13.2. The molecule has 174 valence electrons.